The number of para-hydroxylation sites is 2. The molecular formula is C14H18N2O4. The fraction of sp³-hybridized carbons (Fsp3) is 0.429. The van der Waals surface area contributed by atoms with E-state index < -0.39 is 6.09 Å². The first kappa shape index (κ1) is 14.2. The molecule has 108 valence electrons. The van der Waals surface area contributed by atoms with Gasteiger partial charge in [0.1, 0.15) is 18.9 Å². The van der Waals surface area contributed by atoms with Crippen molar-refractivity contribution >= 4 is 17.7 Å². The van der Waals surface area contributed by atoms with Crippen LogP contribution in [-0.2, 0) is 9.53 Å². The molecule has 1 aliphatic rings. The van der Waals surface area contributed by atoms with Crippen LogP contribution in [0.5, 0.6) is 5.75 Å². The highest BCUT2D eigenvalue weighted by Gasteiger charge is 2.24. The van der Waals surface area contributed by atoms with Gasteiger partial charge >= 0.3 is 6.09 Å². The Balaban J connectivity index is 1.98. The predicted octanol–water partition coefficient (Wildman–Crippen LogP) is 1.86. The topological polar surface area (TPSA) is 67.9 Å². The summed E-state index contributed by atoms with van der Waals surface area (Å²) in [6.45, 7) is 4.59. The Hall–Kier alpha value is -2.24. The van der Waals surface area contributed by atoms with E-state index >= 15 is 0 Å². The van der Waals surface area contributed by atoms with E-state index in [4.69, 9.17) is 9.47 Å². The normalized spacial score (nSPS) is 14.3. The molecule has 0 aromatic heterocycles. The number of benzene rings is 1. The van der Waals surface area contributed by atoms with Gasteiger partial charge in [-0.1, -0.05) is 12.1 Å². The lowest BCUT2D eigenvalue weighted by Gasteiger charge is -2.16. The Kier molecular flexibility index (Phi) is 4.45. The fourth-order valence-electron chi connectivity index (χ4n) is 1.86. The molecule has 6 heteroatoms. The van der Waals surface area contributed by atoms with Crippen LogP contribution in [0.15, 0.2) is 24.3 Å². The number of rotatable bonds is 5. The van der Waals surface area contributed by atoms with E-state index in [2.05, 4.69) is 5.32 Å². The number of carbonyl (C=O) groups is 2. The number of carbonyl (C=O) groups excluding carboxylic acids is 2. The highest BCUT2D eigenvalue weighted by atomic mass is 16.6. The van der Waals surface area contributed by atoms with Gasteiger partial charge in [0, 0.05) is 0 Å². The molecule has 1 heterocycles. The van der Waals surface area contributed by atoms with Crippen molar-refractivity contribution in [1.29, 1.82) is 0 Å². The zero-order chi connectivity index (χ0) is 14.5. The quantitative estimate of drug-likeness (QED) is 0.892. The van der Waals surface area contributed by atoms with E-state index in [0.717, 1.165) is 0 Å². The van der Waals surface area contributed by atoms with Gasteiger partial charge in [0.05, 0.1) is 18.3 Å². The Morgan fingerprint density at radius 1 is 1.45 bits per heavy atom. The van der Waals surface area contributed by atoms with E-state index in [1.54, 1.807) is 12.1 Å². The largest absolute Gasteiger partial charge is 0.489 e. The number of amides is 2. The molecular weight excluding hydrogens is 260 g/mol. The summed E-state index contributed by atoms with van der Waals surface area (Å²) >= 11 is 0. The summed E-state index contributed by atoms with van der Waals surface area (Å²) < 4.78 is 10.4. The minimum Gasteiger partial charge on any atom is -0.489 e. The van der Waals surface area contributed by atoms with Crippen LogP contribution in [0.2, 0.25) is 0 Å². The van der Waals surface area contributed by atoms with Gasteiger partial charge in [-0.25, -0.2) is 4.79 Å². The molecule has 0 radical (unpaired) electrons. The van der Waals surface area contributed by atoms with Gasteiger partial charge in [-0.15, -0.1) is 0 Å². The van der Waals surface area contributed by atoms with Crippen LogP contribution < -0.4 is 10.1 Å². The Bertz CT molecular complexity index is 502. The smallest absolute Gasteiger partial charge is 0.410 e. The number of anilines is 1. The second kappa shape index (κ2) is 6.27. The van der Waals surface area contributed by atoms with E-state index in [1.807, 2.05) is 26.0 Å². The number of ether oxygens (including phenoxy) is 2. The highest BCUT2D eigenvalue weighted by Crippen LogP contribution is 2.24. The third-order valence-electron chi connectivity index (χ3n) is 2.70. The van der Waals surface area contributed by atoms with Crippen LogP contribution in [0.1, 0.15) is 13.8 Å². The predicted molar refractivity (Wildman–Crippen MR) is 73.8 cm³/mol. The van der Waals surface area contributed by atoms with E-state index in [9.17, 15) is 9.59 Å². The number of nitrogens with zero attached hydrogens (tertiary/aromatic N) is 1. The van der Waals surface area contributed by atoms with Crippen LogP contribution in [0.3, 0.4) is 0 Å². The Labute approximate surface area is 117 Å². The Morgan fingerprint density at radius 3 is 2.85 bits per heavy atom. The zero-order valence-corrected chi connectivity index (χ0v) is 11.6. The molecule has 0 bridgehead atoms. The summed E-state index contributed by atoms with van der Waals surface area (Å²) in [5, 5.41) is 2.75. The fourth-order valence-corrected chi connectivity index (χ4v) is 1.86. The molecule has 1 aromatic rings. The van der Waals surface area contributed by atoms with Crippen molar-refractivity contribution in [2.24, 2.45) is 0 Å². The minimum absolute atomic E-state index is 0.0154. The molecule has 2 rings (SSSR count). The Morgan fingerprint density at radius 2 is 2.20 bits per heavy atom. The van der Waals surface area contributed by atoms with Crippen LogP contribution >= 0.6 is 0 Å². The first-order valence-electron chi connectivity index (χ1n) is 6.53. The summed E-state index contributed by atoms with van der Waals surface area (Å²) in [5.74, 6) is 0.337. The van der Waals surface area contributed by atoms with Gasteiger partial charge in [0.25, 0.3) is 0 Å². The molecule has 0 atom stereocenters. The minimum atomic E-state index is -0.452. The van der Waals surface area contributed by atoms with E-state index in [1.165, 1.54) is 4.90 Å². The first-order valence-corrected chi connectivity index (χ1v) is 6.53. The molecule has 1 saturated heterocycles. The summed E-state index contributed by atoms with van der Waals surface area (Å²) in [4.78, 5) is 24.6. The molecule has 1 N–H and O–H groups in total. The van der Waals surface area contributed by atoms with Crippen molar-refractivity contribution in [2.45, 2.75) is 20.0 Å². The zero-order valence-electron chi connectivity index (χ0n) is 11.6. The van der Waals surface area contributed by atoms with Crippen molar-refractivity contribution in [3.05, 3.63) is 24.3 Å². The van der Waals surface area contributed by atoms with Gasteiger partial charge in [-0.3, -0.25) is 9.69 Å². The number of nitrogens with one attached hydrogen (secondary N) is 1. The van der Waals surface area contributed by atoms with Crippen molar-refractivity contribution in [3.8, 4) is 5.75 Å². The molecule has 0 aliphatic carbocycles. The summed E-state index contributed by atoms with van der Waals surface area (Å²) in [6.07, 6.45) is -0.437. The summed E-state index contributed by atoms with van der Waals surface area (Å²) in [6, 6.07) is 7.20. The molecule has 1 fully saturated rings. The maximum atomic E-state index is 11.9. The highest BCUT2D eigenvalue weighted by molar-refractivity contribution is 5.95. The van der Waals surface area contributed by atoms with Crippen LogP contribution in [0.4, 0.5) is 10.5 Å². The summed E-state index contributed by atoms with van der Waals surface area (Å²) in [5.41, 5.74) is 0.596. The van der Waals surface area contributed by atoms with Crippen LogP contribution in [-0.4, -0.2) is 42.7 Å². The third kappa shape index (κ3) is 3.63. The lowest BCUT2D eigenvalue weighted by atomic mass is 10.3. The maximum Gasteiger partial charge on any atom is 0.410 e. The molecule has 1 aliphatic heterocycles. The van der Waals surface area contributed by atoms with Crippen LogP contribution in [0.25, 0.3) is 0 Å². The number of hydrogen-bond donors (Lipinski definition) is 1. The molecule has 6 nitrogen and oxygen atoms in total. The molecule has 0 saturated carbocycles. The van der Waals surface area contributed by atoms with Crippen molar-refractivity contribution in [3.63, 3.8) is 0 Å². The summed E-state index contributed by atoms with van der Waals surface area (Å²) in [7, 11) is 0. The second-order valence-electron chi connectivity index (χ2n) is 4.75. The first-order chi connectivity index (χ1) is 9.56. The lowest BCUT2D eigenvalue weighted by Crippen LogP contribution is -2.33. The number of hydrogen-bond acceptors (Lipinski definition) is 4. The van der Waals surface area contributed by atoms with Gasteiger partial charge in [0.15, 0.2) is 0 Å². The second-order valence-corrected chi connectivity index (χ2v) is 4.75. The van der Waals surface area contributed by atoms with Crippen molar-refractivity contribution in [2.75, 3.05) is 25.0 Å². The van der Waals surface area contributed by atoms with Gasteiger partial charge in [-0.2, -0.15) is 0 Å². The maximum absolute atomic E-state index is 11.9. The van der Waals surface area contributed by atoms with Crippen molar-refractivity contribution < 1.29 is 19.1 Å². The van der Waals surface area contributed by atoms with Gasteiger partial charge in [0.2, 0.25) is 5.91 Å². The SMILES string of the molecule is CC(C)Oc1ccccc1NC(=O)CN1CCOC1=O. The average Bonchev–Trinajstić information content (AvgIpc) is 2.77. The van der Waals surface area contributed by atoms with E-state index in [-0.39, 0.29) is 18.6 Å². The van der Waals surface area contributed by atoms with E-state index in [0.29, 0.717) is 24.6 Å². The molecule has 1 aromatic carbocycles. The monoisotopic (exact) mass is 278 g/mol. The third-order valence-corrected chi connectivity index (χ3v) is 2.70. The average molecular weight is 278 g/mol. The molecule has 20 heavy (non-hydrogen) atoms. The molecule has 0 unspecified atom stereocenters. The van der Waals surface area contributed by atoms with Crippen molar-refractivity contribution in [1.82, 2.24) is 4.90 Å². The molecule has 2 amide bonds. The number of cyclic esters (lactones) is 1. The standard InChI is InChI=1S/C14H18N2O4/c1-10(2)20-12-6-4-3-5-11(12)15-13(17)9-16-7-8-19-14(16)18/h3-6,10H,7-9H2,1-2H3,(H,15,17). The van der Waals surface area contributed by atoms with Gasteiger partial charge < -0.3 is 14.8 Å². The lowest BCUT2D eigenvalue weighted by molar-refractivity contribution is -0.116. The molecule has 0 spiro atoms. The van der Waals surface area contributed by atoms with Crippen LogP contribution in [0, 0.1) is 0 Å². The van der Waals surface area contributed by atoms with Gasteiger partial charge in [-0.05, 0) is 26.0 Å².